The Hall–Kier alpha value is -4.21. The van der Waals surface area contributed by atoms with Crippen molar-refractivity contribution in [2.24, 2.45) is 5.92 Å². The SMILES string of the molecule is Cc1ccc(N(CC(=O)N(Cc2cccc(Cl)c2)[C@@H](Cc2ccccc2)C(=O)NCC(C)C)S(=O)(=O)c2ccc(F)cc2)cc1. The highest BCUT2D eigenvalue weighted by Gasteiger charge is 2.34. The minimum atomic E-state index is -4.32. The van der Waals surface area contributed by atoms with E-state index in [0.29, 0.717) is 17.1 Å². The second-order valence-electron chi connectivity index (χ2n) is 11.3. The summed E-state index contributed by atoms with van der Waals surface area (Å²) in [7, 11) is -4.32. The van der Waals surface area contributed by atoms with Gasteiger partial charge in [-0.05, 0) is 72.5 Å². The number of nitrogens with zero attached hydrogens (tertiary/aromatic N) is 2. The van der Waals surface area contributed by atoms with Crippen molar-refractivity contribution in [2.45, 2.75) is 44.7 Å². The highest BCUT2D eigenvalue weighted by Crippen LogP contribution is 2.26. The van der Waals surface area contributed by atoms with E-state index in [4.69, 9.17) is 11.6 Å². The highest BCUT2D eigenvalue weighted by atomic mass is 35.5. The Labute approximate surface area is 269 Å². The number of carbonyl (C=O) groups is 2. The number of rotatable bonds is 13. The molecule has 0 aliphatic carbocycles. The molecular weight excluding hydrogens is 613 g/mol. The first kappa shape index (κ1) is 33.7. The number of carbonyl (C=O) groups excluding carboxylic acids is 2. The van der Waals surface area contributed by atoms with Gasteiger partial charge in [-0.25, -0.2) is 12.8 Å². The van der Waals surface area contributed by atoms with E-state index in [9.17, 15) is 22.4 Å². The normalized spacial score (nSPS) is 12.0. The van der Waals surface area contributed by atoms with Gasteiger partial charge in [-0.2, -0.15) is 0 Å². The van der Waals surface area contributed by atoms with Gasteiger partial charge in [0.05, 0.1) is 10.6 Å². The molecule has 0 saturated carbocycles. The minimum Gasteiger partial charge on any atom is -0.354 e. The summed E-state index contributed by atoms with van der Waals surface area (Å²) >= 11 is 6.28. The summed E-state index contributed by atoms with van der Waals surface area (Å²) in [4.78, 5) is 29.5. The zero-order valence-corrected chi connectivity index (χ0v) is 27.1. The molecule has 1 N–H and O–H groups in total. The molecule has 45 heavy (non-hydrogen) atoms. The molecular formula is C35H37ClFN3O4S. The van der Waals surface area contributed by atoms with Crippen LogP contribution in [0, 0.1) is 18.7 Å². The van der Waals surface area contributed by atoms with Crippen LogP contribution in [0.3, 0.4) is 0 Å². The quantitative estimate of drug-likeness (QED) is 0.182. The number of amides is 2. The van der Waals surface area contributed by atoms with Gasteiger partial charge < -0.3 is 10.2 Å². The monoisotopic (exact) mass is 649 g/mol. The molecule has 0 heterocycles. The van der Waals surface area contributed by atoms with Gasteiger partial charge in [-0.1, -0.05) is 85.6 Å². The van der Waals surface area contributed by atoms with E-state index in [2.05, 4.69) is 5.32 Å². The van der Waals surface area contributed by atoms with E-state index in [-0.39, 0.29) is 35.4 Å². The maximum Gasteiger partial charge on any atom is 0.264 e. The lowest BCUT2D eigenvalue weighted by Gasteiger charge is -2.34. The molecule has 236 valence electrons. The zero-order chi connectivity index (χ0) is 32.6. The van der Waals surface area contributed by atoms with Gasteiger partial charge in [0.25, 0.3) is 10.0 Å². The van der Waals surface area contributed by atoms with Crippen LogP contribution < -0.4 is 9.62 Å². The Morgan fingerprint density at radius 1 is 0.867 bits per heavy atom. The molecule has 1 atom stereocenters. The van der Waals surface area contributed by atoms with Crippen molar-refractivity contribution in [3.05, 3.63) is 131 Å². The second kappa shape index (κ2) is 15.2. The largest absolute Gasteiger partial charge is 0.354 e. The lowest BCUT2D eigenvalue weighted by molar-refractivity contribution is -0.140. The molecule has 0 radical (unpaired) electrons. The fourth-order valence-electron chi connectivity index (χ4n) is 4.78. The molecule has 4 aromatic rings. The molecule has 0 fully saturated rings. The van der Waals surface area contributed by atoms with E-state index >= 15 is 0 Å². The van der Waals surface area contributed by atoms with Crippen LogP contribution in [0.5, 0.6) is 0 Å². The molecule has 4 rings (SSSR count). The number of nitrogens with one attached hydrogen (secondary N) is 1. The summed E-state index contributed by atoms with van der Waals surface area (Å²) in [5, 5.41) is 3.42. The van der Waals surface area contributed by atoms with Gasteiger partial charge >= 0.3 is 0 Å². The standard InChI is InChI=1S/C35H37ClFN3O4S/c1-25(2)22-38-35(42)33(21-27-8-5-4-6-9-27)39(23-28-10-7-11-29(36)20-28)34(41)24-40(31-16-12-26(3)13-17-31)45(43,44)32-18-14-30(37)15-19-32/h4-20,25,33H,21-24H2,1-3H3,(H,38,42)/t33-/m0/s1. The number of aryl methyl sites for hydroxylation is 1. The molecule has 0 unspecified atom stereocenters. The number of halogens is 2. The van der Waals surface area contributed by atoms with Crippen molar-refractivity contribution in [2.75, 3.05) is 17.4 Å². The molecule has 0 spiro atoms. The van der Waals surface area contributed by atoms with Gasteiger partial charge in [0.1, 0.15) is 18.4 Å². The predicted molar refractivity (Wildman–Crippen MR) is 176 cm³/mol. The second-order valence-corrected chi connectivity index (χ2v) is 13.6. The number of anilines is 1. The van der Waals surface area contributed by atoms with Gasteiger partial charge in [-0.15, -0.1) is 0 Å². The summed E-state index contributed by atoms with van der Waals surface area (Å²) in [5.41, 5.74) is 2.66. The number of hydrogen-bond donors (Lipinski definition) is 1. The van der Waals surface area contributed by atoms with Crippen LogP contribution in [-0.4, -0.2) is 44.3 Å². The molecule has 0 aliphatic heterocycles. The van der Waals surface area contributed by atoms with Crippen LogP contribution in [0.1, 0.15) is 30.5 Å². The Kier molecular flexibility index (Phi) is 11.4. The average Bonchev–Trinajstić information content (AvgIpc) is 3.01. The minimum absolute atomic E-state index is 0.00429. The maximum atomic E-state index is 14.4. The zero-order valence-electron chi connectivity index (χ0n) is 25.5. The topological polar surface area (TPSA) is 86.8 Å². The van der Waals surface area contributed by atoms with Crippen molar-refractivity contribution in [1.29, 1.82) is 0 Å². The van der Waals surface area contributed by atoms with Crippen molar-refractivity contribution in [3.8, 4) is 0 Å². The summed E-state index contributed by atoms with van der Waals surface area (Å²) in [5.74, 6) is -1.37. The number of hydrogen-bond acceptors (Lipinski definition) is 4. The molecule has 2 amide bonds. The van der Waals surface area contributed by atoms with E-state index in [1.165, 1.54) is 4.90 Å². The lowest BCUT2D eigenvalue weighted by Crippen LogP contribution is -2.53. The molecule has 4 aromatic carbocycles. The van der Waals surface area contributed by atoms with Crippen molar-refractivity contribution < 1.29 is 22.4 Å². The van der Waals surface area contributed by atoms with Crippen LogP contribution >= 0.6 is 11.6 Å². The Morgan fingerprint density at radius 2 is 1.51 bits per heavy atom. The van der Waals surface area contributed by atoms with Crippen molar-refractivity contribution in [1.82, 2.24) is 10.2 Å². The Morgan fingerprint density at radius 3 is 2.13 bits per heavy atom. The third-order valence-electron chi connectivity index (χ3n) is 7.20. The fraction of sp³-hybridized carbons (Fsp3) is 0.257. The molecule has 10 heteroatoms. The summed E-state index contributed by atoms with van der Waals surface area (Å²) in [6.07, 6.45) is 0.201. The van der Waals surface area contributed by atoms with E-state index in [0.717, 1.165) is 39.7 Å². The van der Waals surface area contributed by atoms with Crippen LogP contribution in [0.4, 0.5) is 10.1 Å². The van der Waals surface area contributed by atoms with E-state index in [1.54, 1.807) is 48.5 Å². The van der Waals surface area contributed by atoms with Gasteiger partial charge in [0.2, 0.25) is 11.8 Å². The van der Waals surface area contributed by atoms with Crippen LogP contribution in [-0.2, 0) is 32.6 Å². The molecule has 0 aromatic heterocycles. The van der Waals surface area contributed by atoms with E-state index < -0.39 is 34.3 Å². The van der Waals surface area contributed by atoms with Gasteiger partial charge in [0.15, 0.2) is 0 Å². The maximum absolute atomic E-state index is 14.4. The first-order valence-corrected chi connectivity index (χ1v) is 16.5. The third-order valence-corrected chi connectivity index (χ3v) is 9.22. The Balaban J connectivity index is 1.79. The first-order chi connectivity index (χ1) is 21.4. The third kappa shape index (κ3) is 9.15. The predicted octanol–water partition coefficient (Wildman–Crippen LogP) is 6.40. The highest BCUT2D eigenvalue weighted by molar-refractivity contribution is 7.92. The molecule has 0 aliphatic rings. The van der Waals surface area contributed by atoms with Gasteiger partial charge in [-0.3, -0.25) is 13.9 Å². The average molecular weight is 650 g/mol. The fourth-order valence-corrected chi connectivity index (χ4v) is 6.41. The first-order valence-electron chi connectivity index (χ1n) is 14.6. The molecule has 0 saturated heterocycles. The summed E-state index contributed by atoms with van der Waals surface area (Å²) in [6.45, 7) is 5.61. The summed E-state index contributed by atoms with van der Waals surface area (Å²) in [6, 6.07) is 26.5. The number of benzene rings is 4. The van der Waals surface area contributed by atoms with Crippen LogP contribution in [0.2, 0.25) is 5.02 Å². The summed E-state index contributed by atoms with van der Waals surface area (Å²) < 4.78 is 42.7. The number of sulfonamides is 1. The molecule has 0 bridgehead atoms. The van der Waals surface area contributed by atoms with Crippen molar-refractivity contribution >= 4 is 39.1 Å². The lowest BCUT2D eigenvalue weighted by atomic mass is 10.0. The smallest absolute Gasteiger partial charge is 0.264 e. The van der Waals surface area contributed by atoms with Gasteiger partial charge in [0, 0.05) is 24.5 Å². The van der Waals surface area contributed by atoms with Crippen molar-refractivity contribution in [3.63, 3.8) is 0 Å². The van der Waals surface area contributed by atoms with Crippen LogP contribution in [0.25, 0.3) is 0 Å². The molecule has 7 nitrogen and oxygen atoms in total. The van der Waals surface area contributed by atoms with E-state index in [1.807, 2.05) is 51.1 Å². The Bertz CT molecular complexity index is 1700. The van der Waals surface area contributed by atoms with Crippen LogP contribution in [0.15, 0.2) is 108 Å².